The molecule has 2 fully saturated rings. The molecule has 2 atom stereocenters. The lowest BCUT2D eigenvalue weighted by Gasteiger charge is -2.28. The Hall–Kier alpha value is -0.610. The highest BCUT2D eigenvalue weighted by molar-refractivity contribution is 5.76. The van der Waals surface area contributed by atoms with Gasteiger partial charge in [0, 0.05) is 31.7 Å². The van der Waals surface area contributed by atoms with Crippen molar-refractivity contribution in [1.29, 1.82) is 0 Å². The summed E-state index contributed by atoms with van der Waals surface area (Å²) in [5.41, 5.74) is 0. The van der Waals surface area contributed by atoms with Crippen molar-refractivity contribution in [2.45, 2.75) is 77.0 Å². The Kier molecular flexibility index (Phi) is 6.30. The second-order valence-electron chi connectivity index (χ2n) is 6.66. The molecule has 20 heavy (non-hydrogen) atoms. The van der Waals surface area contributed by atoms with Crippen LogP contribution in [0.15, 0.2) is 0 Å². The van der Waals surface area contributed by atoms with Crippen LogP contribution in [-0.2, 0) is 9.53 Å². The van der Waals surface area contributed by atoms with Gasteiger partial charge in [0.15, 0.2) is 0 Å². The molecular formula is C16H30N2O2. The van der Waals surface area contributed by atoms with Crippen LogP contribution in [-0.4, -0.2) is 37.2 Å². The van der Waals surface area contributed by atoms with Gasteiger partial charge in [-0.1, -0.05) is 0 Å². The zero-order chi connectivity index (χ0) is 14.4. The van der Waals surface area contributed by atoms with Crippen molar-refractivity contribution < 1.29 is 9.53 Å². The van der Waals surface area contributed by atoms with E-state index in [0.29, 0.717) is 24.1 Å². The molecule has 0 aromatic carbocycles. The maximum Gasteiger partial charge on any atom is 0.220 e. The van der Waals surface area contributed by atoms with Gasteiger partial charge in [-0.15, -0.1) is 0 Å². The number of rotatable bonds is 8. The molecule has 0 spiro atoms. The summed E-state index contributed by atoms with van der Waals surface area (Å²) in [6.45, 7) is 5.69. The first-order valence-corrected chi connectivity index (χ1v) is 8.28. The Morgan fingerprint density at radius 2 is 1.95 bits per heavy atom. The Morgan fingerprint density at radius 3 is 2.60 bits per heavy atom. The molecule has 2 aliphatic heterocycles. The van der Waals surface area contributed by atoms with Crippen LogP contribution in [0.3, 0.4) is 0 Å². The number of carbonyl (C=O) groups is 1. The van der Waals surface area contributed by atoms with E-state index < -0.39 is 0 Å². The van der Waals surface area contributed by atoms with Crippen molar-refractivity contribution >= 4 is 5.91 Å². The first kappa shape index (κ1) is 15.8. The molecule has 0 saturated carbocycles. The highest BCUT2D eigenvalue weighted by atomic mass is 16.5. The van der Waals surface area contributed by atoms with Gasteiger partial charge in [-0.3, -0.25) is 4.79 Å². The van der Waals surface area contributed by atoms with Gasteiger partial charge in [0.25, 0.3) is 0 Å². The number of fused-ring (bicyclic) bond motifs is 2. The average molecular weight is 282 g/mol. The van der Waals surface area contributed by atoms with E-state index in [-0.39, 0.29) is 5.91 Å². The van der Waals surface area contributed by atoms with Crippen LogP contribution in [0, 0.1) is 5.92 Å². The van der Waals surface area contributed by atoms with E-state index in [0.717, 1.165) is 32.4 Å². The smallest absolute Gasteiger partial charge is 0.220 e. The number of hydrogen-bond acceptors (Lipinski definition) is 3. The Morgan fingerprint density at radius 1 is 1.25 bits per heavy atom. The maximum absolute atomic E-state index is 11.9. The quantitative estimate of drug-likeness (QED) is 0.671. The van der Waals surface area contributed by atoms with Gasteiger partial charge in [-0.05, 0) is 58.3 Å². The van der Waals surface area contributed by atoms with E-state index in [1.165, 1.54) is 25.7 Å². The fourth-order valence-electron chi connectivity index (χ4n) is 3.45. The molecule has 2 N–H and O–H groups in total. The summed E-state index contributed by atoms with van der Waals surface area (Å²) in [6.07, 6.45) is 8.04. The number of ether oxygens (including phenoxy) is 1. The van der Waals surface area contributed by atoms with Crippen LogP contribution in [0.1, 0.15) is 58.8 Å². The number of piperidine rings is 1. The Bertz CT molecular complexity index is 295. The zero-order valence-electron chi connectivity index (χ0n) is 13.0. The SMILES string of the molecule is CC(C)OCCCCNC(=O)CC1CC2CCC(C1)N2. The van der Waals surface area contributed by atoms with Crippen molar-refractivity contribution in [3.05, 3.63) is 0 Å². The second kappa shape index (κ2) is 7.99. The van der Waals surface area contributed by atoms with Gasteiger partial charge in [0.2, 0.25) is 5.91 Å². The standard InChI is InChI=1S/C16H30N2O2/c1-12(2)20-8-4-3-7-17-16(19)11-13-9-14-5-6-15(10-13)18-14/h12-15,18H,3-11H2,1-2H3,(H,17,19). The molecule has 0 radical (unpaired) electrons. The van der Waals surface area contributed by atoms with Crippen molar-refractivity contribution in [2.24, 2.45) is 5.92 Å². The number of amides is 1. The molecule has 0 aromatic rings. The minimum absolute atomic E-state index is 0.237. The van der Waals surface area contributed by atoms with Gasteiger partial charge >= 0.3 is 0 Å². The number of unbranched alkanes of at least 4 members (excludes halogenated alkanes) is 1. The van der Waals surface area contributed by atoms with Crippen LogP contribution < -0.4 is 10.6 Å². The monoisotopic (exact) mass is 282 g/mol. The average Bonchev–Trinajstić information content (AvgIpc) is 2.72. The summed E-state index contributed by atoms with van der Waals surface area (Å²) in [6, 6.07) is 1.36. The minimum atomic E-state index is 0.237. The molecule has 4 heteroatoms. The molecule has 2 aliphatic rings. The van der Waals surface area contributed by atoms with Crippen molar-refractivity contribution in [1.82, 2.24) is 10.6 Å². The molecule has 2 unspecified atom stereocenters. The van der Waals surface area contributed by atoms with E-state index in [2.05, 4.69) is 10.6 Å². The molecule has 0 aliphatic carbocycles. The fourth-order valence-corrected chi connectivity index (χ4v) is 3.45. The van der Waals surface area contributed by atoms with E-state index in [4.69, 9.17) is 4.74 Å². The summed E-state index contributed by atoms with van der Waals surface area (Å²) in [5, 5.41) is 6.68. The lowest BCUT2D eigenvalue weighted by Crippen LogP contribution is -2.39. The molecule has 0 aromatic heterocycles. The molecule has 2 saturated heterocycles. The fraction of sp³-hybridized carbons (Fsp3) is 0.938. The predicted octanol–water partition coefficient (Wildman–Crippen LogP) is 2.23. The molecule has 2 bridgehead atoms. The molecular weight excluding hydrogens is 252 g/mol. The highest BCUT2D eigenvalue weighted by Crippen LogP contribution is 2.32. The van der Waals surface area contributed by atoms with Crippen LogP contribution in [0.25, 0.3) is 0 Å². The first-order chi connectivity index (χ1) is 9.63. The third-order valence-corrected chi connectivity index (χ3v) is 4.39. The number of nitrogens with one attached hydrogen (secondary N) is 2. The zero-order valence-corrected chi connectivity index (χ0v) is 13.0. The van der Waals surface area contributed by atoms with Gasteiger partial charge in [0.1, 0.15) is 0 Å². The van der Waals surface area contributed by atoms with E-state index >= 15 is 0 Å². The van der Waals surface area contributed by atoms with E-state index in [9.17, 15) is 4.79 Å². The largest absolute Gasteiger partial charge is 0.379 e. The number of hydrogen-bond donors (Lipinski definition) is 2. The van der Waals surface area contributed by atoms with E-state index in [1.807, 2.05) is 13.8 Å². The number of carbonyl (C=O) groups excluding carboxylic acids is 1. The van der Waals surface area contributed by atoms with Gasteiger partial charge in [0.05, 0.1) is 6.10 Å². The third kappa shape index (κ3) is 5.41. The van der Waals surface area contributed by atoms with Crippen molar-refractivity contribution in [3.63, 3.8) is 0 Å². The molecule has 1 amide bonds. The minimum Gasteiger partial charge on any atom is -0.379 e. The van der Waals surface area contributed by atoms with Gasteiger partial charge < -0.3 is 15.4 Å². The Balaban J connectivity index is 1.50. The first-order valence-electron chi connectivity index (χ1n) is 8.28. The summed E-state index contributed by atoms with van der Waals surface area (Å²) >= 11 is 0. The topological polar surface area (TPSA) is 50.4 Å². The molecule has 2 rings (SSSR count). The van der Waals surface area contributed by atoms with Gasteiger partial charge in [-0.2, -0.15) is 0 Å². The van der Waals surface area contributed by atoms with Crippen molar-refractivity contribution in [3.8, 4) is 0 Å². The summed E-state index contributed by atoms with van der Waals surface area (Å²) in [5.74, 6) is 0.833. The summed E-state index contributed by atoms with van der Waals surface area (Å²) in [4.78, 5) is 11.9. The second-order valence-corrected chi connectivity index (χ2v) is 6.66. The molecule has 2 heterocycles. The summed E-state index contributed by atoms with van der Waals surface area (Å²) in [7, 11) is 0. The lowest BCUT2D eigenvalue weighted by atomic mass is 9.89. The molecule has 4 nitrogen and oxygen atoms in total. The van der Waals surface area contributed by atoms with Crippen LogP contribution in [0.5, 0.6) is 0 Å². The normalized spacial score (nSPS) is 28.9. The van der Waals surface area contributed by atoms with E-state index in [1.54, 1.807) is 0 Å². The van der Waals surface area contributed by atoms with Crippen LogP contribution in [0.2, 0.25) is 0 Å². The summed E-state index contributed by atoms with van der Waals surface area (Å²) < 4.78 is 5.48. The van der Waals surface area contributed by atoms with Gasteiger partial charge in [-0.25, -0.2) is 0 Å². The predicted molar refractivity (Wildman–Crippen MR) is 80.6 cm³/mol. The highest BCUT2D eigenvalue weighted by Gasteiger charge is 2.33. The Labute approximate surface area is 123 Å². The third-order valence-electron chi connectivity index (χ3n) is 4.39. The maximum atomic E-state index is 11.9. The van der Waals surface area contributed by atoms with Crippen molar-refractivity contribution in [2.75, 3.05) is 13.2 Å². The van der Waals surface area contributed by atoms with Crippen LogP contribution >= 0.6 is 0 Å². The lowest BCUT2D eigenvalue weighted by molar-refractivity contribution is -0.122. The molecule has 116 valence electrons. The van der Waals surface area contributed by atoms with Crippen LogP contribution in [0.4, 0.5) is 0 Å².